The van der Waals surface area contributed by atoms with Crippen molar-refractivity contribution in [3.05, 3.63) is 101 Å². The molecule has 152 valence electrons. The molecule has 0 saturated heterocycles. The van der Waals surface area contributed by atoms with Crippen LogP contribution < -0.4 is 5.32 Å². The van der Waals surface area contributed by atoms with Crippen LogP contribution in [0.5, 0.6) is 0 Å². The van der Waals surface area contributed by atoms with Crippen molar-refractivity contribution in [2.24, 2.45) is 0 Å². The molecule has 0 aliphatic carbocycles. The van der Waals surface area contributed by atoms with E-state index >= 15 is 0 Å². The minimum absolute atomic E-state index is 0.0461. The van der Waals surface area contributed by atoms with E-state index in [1.807, 2.05) is 47.9 Å². The van der Waals surface area contributed by atoms with Crippen molar-refractivity contribution in [3.8, 4) is 0 Å². The van der Waals surface area contributed by atoms with E-state index in [1.54, 1.807) is 30.6 Å². The van der Waals surface area contributed by atoms with Crippen LogP contribution in [-0.4, -0.2) is 15.5 Å². The lowest BCUT2D eigenvalue weighted by atomic mass is 10.0. The molecule has 0 saturated carbocycles. The summed E-state index contributed by atoms with van der Waals surface area (Å²) in [5.41, 5.74) is 4.13. The lowest BCUT2D eigenvalue weighted by molar-refractivity contribution is 0.0935. The van der Waals surface area contributed by atoms with Gasteiger partial charge in [-0.1, -0.05) is 54.9 Å². The SMILES string of the molecule is CCC(NC(=O)c1ccc2c(c1)ncn2Cc1ccc(F)c(Cl)c1)c1ccccc1. The highest BCUT2D eigenvalue weighted by molar-refractivity contribution is 6.30. The van der Waals surface area contributed by atoms with E-state index < -0.39 is 5.82 Å². The average molecular weight is 422 g/mol. The standard InChI is InChI=1S/C24H21ClFN3O/c1-2-21(17-6-4-3-5-7-17)28-24(30)18-9-11-23-22(13-18)27-15-29(23)14-16-8-10-20(26)19(25)12-16/h3-13,15,21H,2,14H2,1H3,(H,28,30). The maximum Gasteiger partial charge on any atom is 0.251 e. The summed E-state index contributed by atoms with van der Waals surface area (Å²) < 4.78 is 15.3. The van der Waals surface area contributed by atoms with Crippen molar-refractivity contribution >= 4 is 28.5 Å². The Morgan fingerprint density at radius 2 is 1.93 bits per heavy atom. The monoisotopic (exact) mass is 421 g/mol. The number of aromatic nitrogens is 2. The molecule has 1 N–H and O–H groups in total. The molecular weight excluding hydrogens is 401 g/mol. The summed E-state index contributed by atoms with van der Waals surface area (Å²) in [7, 11) is 0. The van der Waals surface area contributed by atoms with Crippen LogP contribution in [0.3, 0.4) is 0 Å². The predicted octanol–water partition coefficient (Wildman–Crippen LogP) is 5.76. The number of halogens is 2. The average Bonchev–Trinajstić information content (AvgIpc) is 3.17. The Hall–Kier alpha value is -3.18. The summed E-state index contributed by atoms with van der Waals surface area (Å²) in [4.78, 5) is 17.2. The lowest BCUT2D eigenvalue weighted by Crippen LogP contribution is -2.28. The third-order valence-electron chi connectivity index (χ3n) is 5.14. The van der Waals surface area contributed by atoms with E-state index in [0.717, 1.165) is 28.6 Å². The van der Waals surface area contributed by atoms with Crippen LogP contribution in [0.4, 0.5) is 4.39 Å². The molecule has 1 aromatic heterocycles. The number of hydrogen-bond acceptors (Lipinski definition) is 2. The van der Waals surface area contributed by atoms with Crippen LogP contribution >= 0.6 is 11.6 Å². The number of carbonyl (C=O) groups excluding carboxylic acids is 1. The first-order chi connectivity index (χ1) is 14.5. The Morgan fingerprint density at radius 1 is 1.13 bits per heavy atom. The van der Waals surface area contributed by atoms with E-state index in [1.165, 1.54) is 6.07 Å². The fourth-order valence-corrected chi connectivity index (χ4v) is 3.72. The maximum atomic E-state index is 13.4. The Labute approximate surface area is 179 Å². The minimum atomic E-state index is -0.438. The normalized spacial score (nSPS) is 12.1. The number of rotatable bonds is 6. The lowest BCUT2D eigenvalue weighted by Gasteiger charge is -2.17. The zero-order valence-corrected chi connectivity index (χ0v) is 17.2. The second-order valence-electron chi connectivity index (χ2n) is 7.17. The molecule has 1 amide bonds. The molecule has 0 radical (unpaired) electrons. The van der Waals surface area contributed by atoms with Gasteiger partial charge in [0.2, 0.25) is 0 Å². The van der Waals surface area contributed by atoms with Crippen LogP contribution in [0.15, 0.2) is 73.1 Å². The van der Waals surface area contributed by atoms with E-state index in [-0.39, 0.29) is 17.0 Å². The van der Waals surface area contributed by atoms with Crippen LogP contribution in [0.1, 0.15) is 40.9 Å². The molecule has 4 rings (SSSR count). The fourth-order valence-electron chi connectivity index (χ4n) is 3.51. The molecule has 0 aliphatic heterocycles. The van der Waals surface area contributed by atoms with Gasteiger partial charge in [0.1, 0.15) is 5.82 Å². The number of fused-ring (bicyclic) bond motifs is 1. The fraction of sp³-hybridized carbons (Fsp3) is 0.167. The van der Waals surface area contributed by atoms with Crippen molar-refractivity contribution in [3.63, 3.8) is 0 Å². The molecular formula is C24H21ClFN3O. The Balaban J connectivity index is 1.54. The highest BCUT2D eigenvalue weighted by Crippen LogP contribution is 2.21. The van der Waals surface area contributed by atoms with Crippen LogP contribution in [0.2, 0.25) is 5.02 Å². The Morgan fingerprint density at radius 3 is 2.67 bits per heavy atom. The first-order valence-electron chi connectivity index (χ1n) is 9.79. The smallest absolute Gasteiger partial charge is 0.251 e. The van der Waals surface area contributed by atoms with Gasteiger partial charge < -0.3 is 9.88 Å². The maximum absolute atomic E-state index is 13.4. The van der Waals surface area contributed by atoms with Gasteiger partial charge in [-0.15, -0.1) is 0 Å². The number of benzene rings is 3. The summed E-state index contributed by atoms with van der Waals surface area (Å²) in [6, 6.07) is 20.0. The Kier molecular flexibility index (Phi) is 5.81. The number of carbonyl (C=O) groups is 1. The van der Waals surface area contributed by atoms with Gasteiger partial charge >= 0.3 is 0 Å². The molecule has 1 atom stereocenters. The van der Waals surface area contributed by atoms with E-state index in [9.17, 15) is 9.18 Å². The second-order valence-corrected chi connectivity index (χ2v) is 7.58. The Bertz CT molecular complexity index is 1190. The van der Waals surface area contributed by atoms with Crippen molar-refractivity contribution in [1.29, 1.82) is 0 Å². The summed E-state index contributed by atoms with van der Waals surface area (Å²) in [5, 5.41) is 3.20. The number of nitrogens with one attached hydrogen (secondary N) is 1. The van der Waals surface area contributed by atoms with Gasteiger partial charge in [-0.25, -0.2) is 9.37 Å². The number of nitrogens with zero attached hydrogens (tertiary/aromatic N) is 2. The van der Waals surface area contributed by atoms with Gasteiger partial charge in [0.15, 0.2) is 0 Å². The summed E-state index contributed by atoms with van der Waals surface area (Å²) in [5.74, 6) is -0.570. The number of hydrogen-bond donors (Lipinski definition) is 1. The van der Waals surface area contributed by atoms with Crippen molar-refractivity contribution in [2.45, 2.75) is 25.9 Å². The minimum Gasteiger partial charge on any atom is -0.345 e. The molecule has 0 spiro atoms. The highest BCUT2D eigenvalue weighted by Gasteiger charge is 2.15. The first-order valence-corrected chi connectivity index (χ1v) is 10.2. The molecule has 1 unspecified atom stereocenters. The van der Waals surface area contributed by atoms with Crippen LogP contribution in [0, 0.1) is 5.82 Å². The van der Waals surface area contributed by atoms with Crippen LogP contribution in [-0.2, 0) is 6.54 Å². The molecule has 4 aromatic rings. The summed E-state index contributed by atoms with van der Waals surface area (Å²) >= 11 is 5.88. The molecule has 4 nitrogen and oxygen atoms in total. The van der Waals surface area contributed by atoms with Gasteiger partial charge in [-0.05, 0) is 47.9 Å². The van der Waals surface area contributed by atoms with Crippen LogP contribution in [0.25, 0.3) is 11.0 Å². The van der Waals surface area contributed by atoms with Gasteiger partial charge in [0.05, 0.1) is 28.4 Å². The van der Waals surface area contributed by atoms with Gasteiger partial charge in [-0.3, -0.25) is 4.79 Å². The van der Waals surface area contributed by atoms with E-state index in [0.29, 0.717) is 12.1 Å². The van der Waals surface area contributed by atoms with Crippen molar-refractivity contribution in [2.75, 3.05) is 0 Å². The topological polar surface area (TPSA) is 46.9 Å². The largest absolute Gasteiger partial charge is 0.345 e. The molecule has 0 bridgehead atoms. The third kappa shape index (κ3) is 4.21. The molecule has 1 heterocycles. The zero-order chi connectivity index (χ0) is 21.1. The quantitative estimate of drug-likeness (QED) is 0.430. The second kappa shape index (κ2) is 8.67. The molecule has 3 aromatic carbocycles. The van der Waals surface area contributed by atoms with Crippen molar-refractivity contribution in [1.82, 2.24) is 14.9 Å². The third-order valence-corrected chi connectivity index (χ3v) is 5.43. The van der Waals surface area contributed by atoms with E-state index in [2.05, 4.69) is 10.3 Å². The predicted molar refractivity (Wildman–Crippen MR) is 117 cm³/mol. The van der Waals surface area contributed by atoms with Crippen molar-refractivity contribution < 1.29 is 9.18 Å². The van der Waals surface area contributed by atoms with E-state index in [4.69, 9.17) is 11.6 Å². The molecule has 0 fully saturated rings. The number of imidazole rings is 1. The zero-order valence-electron chi connectivity index (χ0n) is 16.5. The first kappa shape index (κ1) is 20.1. The van der Waals surface area contributed by atoms with Gasteiger partial charge in [0.25, 0.3) is 5.91 Å². The molecule has 6 heteroatoms. The van der Waals surface area contributed by atoms with Gasteiger partial charge in [-0.2, -0.15) is 0 Å². The summed E-state index contributed by atoms with van der Waals surface area (Å²) in [6.07, 6.45) is 2.51. The summed E-state index contributed by atoms with van der Waals surface area (Å²) in [6.45, 7) is 2.55. The number of amides is 1. The highest BCUT2D eigenvalue weighted by atomic mass is 35.5. The molecule has 0 aliphatic rings. The van der Waals surface area contributed by atoms with Gasteiger partial charge in [0, 0.05) is 12.1 Å². The molecule has 30 heavy (non-hydrogen) atoms.